The standard InChI is InChI=1S/C14H23FN2/c1-14(2,11-16)8-9-17(3)10-12-4-6-13(15)7-5-12/h4-7H,8-11,16H2,1-3H3. The molecule has 0 saturated heterocycles. The Labute approximate surface area is 104 Å². The van der Waals surface area contributed by atoms with Gasteiger partial charge in [0, 0.05) is 6.54 Å². The second-order valence-corrected chi connectivity index (χ2v) is 5.48. The molecule has 0 radical (unpaired) electrons. The molecule has 0 atom stereocenters. The lowest BCUT2D eigenvalue weighted by molar-refractivity contribution is 0.249. The molecule has 0 amide bonds. The van der Waals surface area contributed by atoms with E-state index < -0.39 is 0 Å². The number of rotatable bonds is 6. The second-order valence-electron chi connectivity index (χ2n) is 5.48. The third-order valence-electron chi connectivity index (χ3n) is 3.09. The molecular weight excluding hydrogens is 215 g/mol. The van der Waals surface area contributed by atoms with Crippen molar-refractivity contribution in [2.24, 2.45) is 11.1 Å². The first kappa shape index (κ1) is 14.1. The van der Waals surface area contributed by atoms with Crippen molar-refractivity contribution in [3.05, 3.63) is 35.6 Å². The normalized spacial score (nSPS) is 12.1. The van der Waals surface area contributed by atoms with Crippen LogP contribution >= 0.6 is 0 Å². The first-order valence-electron chi connectivity index (χ1n) is 6.06. The Morgan fingerprint density at radius 2 is 1.82 bits per heavy atom. The Hall–Kier alpha value is -0.930. The predicted octanol–water partition coefficient (Wildman–Crippen LogP) is 2.63. The van der Waals surface area contributed by atoms with Gasteiger partial charge in [-0.15, -0.1) is 0 Å². The third-order valence-corrected chi connectivity index (χ3v) is 3.09. The summed E-state index contributed by atoms with van der Waals surface area (Å²) in [6, 6.07) is 6.68. The highest BCUT2D eigenvalue weighted by Crippen LogP contribution is 2.18. The van der Waals surface area contributed by atoms with Gasteiger partial charge < -0.3 is 10.6 Å². The van der Waals surface area contributed by atoms with Crippen LogP contribution in [0.15, 0.2) is 24.3 Å². The number of hydrogen-bond donors (Lipinski definition) is 1. The van der Waals surface area contributed by atoms with Crippen LogP contribution in [-0.2, 0) is 6.54 Å². The Morgan fingerprint density at radius 3 is 2.35 bits per heavy atom. The number of benzene rings is 1. The summed E-state index contributed by atoms with van der Waals surface area (Å²) in [7, 11) is 2.08. The summed E-state index contributed by atoms with van der Waals surface area (Å²) in [5.74, 6) is -0.180. The molecule has 0 aliphatic rings. The largest absolute Gasteiger partial charge is 0.330 e. The summed E-state index contributed by atoms with van der Waals surface area (Å²) >= 11 is 0. The van der Waals surface area contributed by atoms with Crippen molar-refractivity contribution in [3.8, 4) is 0 Å². The molecule has 17 heavy (non-hydrogen) atoms. The van der Waals surface area contributed by atoms with E-state index >= 15 is 0 Å². The van der Waals surface area contributed by atoms with Crippen LogP contribution in [0.2, 0.25) is 0 Å². The molecule has 96 valence electrons. The molecule has 0 unspecified atom stereocenters. The van der Waals surface area contributed by atoms with Crippen LogP contribution in [0.5, 0.6) is 0 Å². The van der Waals surface area contributed by atoms with Gasteiger partial charge in [0.25, 0.3) is 0 Å². The fourth-order valence-electron chi connectivity index (χ4n) is 1.58. The van der Waals surface area contributed by atoms with Crippen LogP contribution in [0.3, 0.4) is 0 Å². The SMILES string of the molecule is CN(CCC(C)(C)CN)Cc1ccc(F)cc1. The summed E-state index contributed by atoms with van der Waals surface area (Å²) in [5.41, 5.74) is 7.03. The van der Waals surface area contributed by atoms with Gasteiger partial charge >= 0.3 is 0 Å². The van der Waals surface area contributed by atoms with Crippen LogP contribution in [0.1, 0.15) is 25.8 Å². The van der Waals surface area contributed by atoms with Gasteiger partial charge in [0.05, 0.1) is 0 Å². The number of nitrogens with two attached hydrogens (primary N) is 1. The van der Waals surface area contributed by atoms with Crippen LogP contribution in [-0.4, -0.2) is 25.0 Å². The first-order chi connectivity index (χ1) is 7.93. The topological polar surface area (TPSA) is 29.3 Å². The average Bonchev–Trinajstić information content (AvgIpc) is 2.30. The van der Waals surface area contributed by atoms with E-state index in [0.717, 1.165) is 25.1 Å². The zero-order valence-corrected chi connectivity index (χ0v) is 11.0. The fraction of sp³-hybridized carbons (Fsp3) is 0.571. The maximum atomic E-state index is 12.7. The molecule has 0 fully saturated rings. The predicted molar refractivity (Wildman–Crippen MR) is 70.2 cm³/mol. The molecule has 0 bridgehead atoms. The van der Waals surface area contributed by atoms with E-state index in [1.807, 2.05) is 12.1 Å². The van der Waals surface area contributed by atoms with E-state index in [2.05, 4.69) is 25.8 Å². The molecule has 0 aromatic heterocycles. The fourth-order valence-corrected chi connectivity index (χ4v) is 1.58. The molecule has 2 nitrogen and oxygen atoms in total. The van der Waals surface area contributed by atoms with E-state index in [-0.39, 0.29) is 11.2 Å². The average molecular weight is 238 g/mol. The Morgan fingerprint density at radius 1 is 1.24 bits per heavy atom. The molecule has 2 N–H and O–H groups in total. The van der Waals surface area contributed by atoms with Crippen molar-refractivity contribution in [1.29, 1.82) is 0 Å². The Bertz CT molecular complexity index is 333. The molecule has 0 aliphatic carbocycles. The second kappa shape index (κ2) is 6.12. The molecular formula is C14H23FN2. The van der Waals surface area contributed by atoms with Crippen molar-refractivity contribution in [1.82, 2.24) is 4.90 Å². The highest BCUT2D eigenvalue weighted by molar-refractivity contribution is 5.15. The van der Waals surface area contributed by atoms with Gasteiger partial charge in [-0.05, 0) is 49.7 Å². The maximum absolute atomic E-state index is 12.7. The minimum absolute atomic E-state index is 0.180. The third kappa shape index (κ3) is 5.29. The first-order valence-corrected chi connectivity index (χ1v) is 6.06. The lowest BCUT2D eigenvalue weighted by atomic mass is 9.89. The van der Waals surface area contributed by atoms with Crippen molar-refractivity contribution >= 4 is 0 Å². The van der Waals surface area contributed by atoms with E-state index in [9.17, 15) is 4.39 Å². The van der Waals surface area contributed by atoms with Crippen LogP contribution in [0.25, 0.3) is 0 Å². The molecule has 0 heterocycles. The van der Waals surface area contributed by atoms with Crippen LogP contribution < -0.4 is 5.73 Å². The summed E-state index contributed by atoms with van der Waals surface area (Å²) in [6.45, 7) is 6.91. The van der Waals surface area contributed by atoms with E-state index in [1.165, 1.54) is 12.1 Å². The summed E-state index contributed by atoms with van der Waals surface area (Å²) in [5, 5.41) is 0. The quantitative estimate of drug-likeness (QED) is 0.825. The minimum Gasteiger partial charge on any atom is -0.330 e. The van der Waals surface area contributed by atoms with E-state index in [4.69, 9.17) is 5.73 Å². The van der Waals surface area contributed by atoms with Gasteiger partial charge in [-0.25, -0.2) is 4.39 Å². The number of nitrogens with zero attached hydrogens (tertiary/aromatic N) is 1. The Balaban J connectivity index is 2.39. The molecule has 1 rings (SSSR count). The van der Waals surface area contributed by atoms with E-state index in [0.29, 0.717) is 6.54 Å². The lowest BCUT2D eigenvalue weighted by Crippen LogP contribution is -2.29. The molecule has 1 aromatic rings. The lowest BCUT2D eigenvalue weighted by Gasteiger charge is -2.26. The zero-order valence-electron chi connectivity index (χ0n) is 11.0. The van der Waals surface area contributed by atoms with Gasteiger partial charge in [-0.3, -0.25) is 0 Å². The Kier molecular flexibility index (Phi) is 5.09. The monoisotopic (exact) mass is 238 g/mol. The van der Waals surface area contributed by atoms with Gasteiger partial charge in [-0.1, -0.05) is 26.0 Å². The highest BCUT2D eigenvalue weighted by Gasteiger charge is 2.15. The highest BCUT2D eigenvalue weighted by atomic mass is 19.1. The van der Waals surface area contributed by atoms with Gasteiger partial charge in [-0.2, -0.15) is 0 Å². The summed E-state index contributed by atoms with van der Waals surface area (Å²) < 4.78 is 12.7. The van der Waals surface area contributed by atoms with Gasteiger partial charge in [0.2, 0.25) is 0 Å². The molecule has 3 heteroatoms. The molecule has 1 aromatic carbocycles. The minimum atomic E-state index is -0.180. The van der Waals surface area contributed by atoms with Gasteiger partial charge in [0.15, 0.2) is 0 Å². The van der Waals surface area contributed by atoms with Crippen molar-refractivity contribution in [2.75, 3.05) is 20.1 Å². The van der Waals surface area contributed by atoms with E-state index in [1.54, 1.807) is 0 Å². The summed E-state index contributed by atoms with van der Waals surface area (Å²) in [4.78, 5) is 2.24. The smallest absolute Gasteiger partial charge is 0.123 e. The number of halogens is 1. The summed E-state index contributed by atoms with van der Waals surface area (Å²) in [6.07, 6.45) is 1.07. The van der Waals surface area contributed by atoms with Crippen LogP contribution in [0, 0.1) is 11.2 Å². The van der Waals surface area contributed by atoms with Crippen molar-refractivity contribution in [2.45, 2.75) is 26.8 Å². The van der Waals surface area contributed by atoms with Crippen molar-refractivity contribution in [3.63, 3.8) is 0 Å². The van der Waals surface area contributed by atoms with Crippen molar-refractivity contribution < 1.29 is 4.39 Å². The number of hydrogen-bond acceptors (Lipinski definition) is 2. The molecule has 0 saturated carbocycles. The molecule has 0 aliphatic heterocycles. The maximum Gasteiger partial charge on any atom is 0.123 e. The van der Waals surface area contributed by atoms with Crippen LogP contribution in [0.4, 0.5) is 4.39 Å². The van der Waals surface area contributed by atoms with Gasteiger partial charge in [0.1, 0.15) is 5.82 Å². The molecule has 0 spiro atoms. The zero-order chi connectivity index (χ0) is 12.9.